The maximum absolute atomic E-state index is 12.8. The van der Waals surface area contributed by atoms with Crippen molar-refractivity contribution < 1.29 is 13.2 Å². The average Bonchev–Trinajstić information content (AvgIpc) is 2.53. The van der Waals surface area contributed by atoms with Gasteiger partial charge in [0.25, 0.3) is 15.9 Å². The van der Waals surface area contributed by atoms with E-state index >= 15 is 0 Å². The first-order valence-corrected chi connectivity index (χ1v) is 8.03. The molecule has 22 heavy (non-hydrogen) atoms. The first-order valence-electron chi connectivity index (χ1n) is 6.59. The van der Waals surface area contributed by atoms with Crippen molar-refractivity contribution in [2.75, 3.05) is 10.8 Å². The number of amides is 1. The fraction of sp³-hybridized carbons (Fsp3) is 0.133. The summed E-state index contributed by atoms with van der Waals surface area (Å²) in [6.45, 7) is 1.48. The summed E-state index contributed by atoms with van der Waals surface area (Å²) in [7, 11) is -3.86. The first-order chi connectivity index (χ1) is 10.4. The van der Waals surface area contributed by atoms with Gasteiger partial charge in [-0.05, 0) is 31.2 Å². The van der Waals surface area contributed by atoms with Gasteiger partial charge < -0.3 is 0 Å². The number of hydrazine groups is 1. The number of nitrogens with zero attached hydrogens (tertiary/aromatic N) is 1. The molecule has 0 aliphatic carbocycles. The van der Waals surface area contributed by atoms with E-state index in [4.69, 9.17) is 5.84 Å². The van der Waals surface area contributed by atoms with Crippen LogP contribution in [0, 0.1) is 6.92 Å². The number of nitrogens with two attached hydrogens (primary N) is 1. The lowest BCUT2D eigenvalue weighted by molar-refractivity contribution is -0.119. The topological polar surface area (TPSA) is 92.5 Å². The van der Waals surface area contributed by atoms with Crippen LogP contribution in [0.4, 0.5) is 5.69 Å². The Morgan fingerprint density at radius 1 is 1.09 bits per heavy atom. The van der Waals surface area contributed by atoms with E-state index in [1.165, 1.54) is 12.1 Å². The number of nitrogens with one attached hydrogen (secondary N) is 1. The van der Waals surface area contributed by atoms with E-state index in [0.29, 0.717) is 5.69 Å². The molecule has 0 aliphatic rings. The van der Waals surface area contributed by atoms with E-state index in [-0.39, 0.29) is 4.90 Å². The smallest absolute Gasteiger partial charge is 0.264 e. The lowest BCUT2D eigenvalue weighted by Crippen LogP contribution is -2.43. The molecule has 0 fully saturated rings. The zero-order valence-electron chi connectivity index (χ0n) is 12.1. The number of carbonyl (C=O) groups excluding carboxylic acids is 1. The number of benzene rings is 2. The van der Waals surface area contributed by atoms with E-state index in [9.17, 15) is 13.2 Å². The maximum atomic E-state index is 12.8. The Bertz CT molecular complexity index is 743. The van der Waals surface area contributed by atoms with Crippen LogP contribution in [0.15, 0.2) is 59.5 Å². The molecule has 7 heteroatoms. The number of carbonyl (C=O) groups is 1. The zero-order valence-corrected chi connectivity index (χ0v) is 12.9. The molecule has 6 nitrogen and oxygen atoms in total. The summed E-state index contributed by atoms with van der Waals surface area (Å²) < 4.78 is 26.6. The second kappa shape index (κ2) is 6.59. The van der Waals surface area contributed by atoms with Crippen LogP contribution in [-0.4, -0.2) is 20.9 Å². The molecule has 0 unspecified atom stereocenters. The number of hydrogen-bond acceptors (Lipinski definition) is 4. The fourth-order valence-electron chi connectivity index (χ4n) is 1.92. The Morgan fingerprint density at radius 2 is 1.68 bits per heavy atom. The Balaban J connectivity index is 2.47. The van der Waals surface area contributed by atoms with Crippen LogP contribution >= 0.6 is 0 Å². The molecule has 0 atom stereocenters. The van der Waals surface area contributed by atoms with Crippen LogP contribution in [0.3, 0.4) is 0 Å². The van der Waals surface area contributed by atoms with Crippen molar-refractivity contribution in [3.63, 3.8) is 0 Å². The summed E-state index contributed by atoms with van der Waals surface area (Å²) in [6, 6.07) is 14.9. The van der Waals surface area contributed by atoms with Gasteiger partial charge in [-0.3, -0.25) is 14.5 Å². The van der Waals surface area contributed by atoms with E-state index in [1.807, 2.05) is 12.3 Å². The average molecular weight is 319 g/mol. The minimum absolute atomic E-state index is 0.117. The predicted octanol–water partition coefficient (Wildman–Crippen LogP) is 1.18. The van der Waals surface area contributed by atoms with E-state index in [1.54, 1.807) is 42.5 Å². The van der Waals surface area contributed by atoms with Crippen LogP contribution in [0.2, 0.25) is 0 Å². The molecule has 0 saturated carbocycles. The summed E-state index contributed by atoms with van der Waals surface area (Å²) in [6.07, 6.45) is 0. The van der Waals surface area contributed by atoms with E-state index < -0.39 is 22.5 Å². The van der Waals surface area contributed by atoms with Gasteiger partial charge in [-0.1, -0.05) is 35.9 Å². The van der Waals surface area contributed by atoms with Crippen molar-refractivity contribution in [3.05, 3.63) is 60.2 Å². The molecule has 0 saturated heterocycles. The molecule has 0 aromatic heterocycles. The lowest BCUT2D eigenvalue weighted by atomic mass is 10.2. The SMILES string of the molecule is Cc1ccc(S(=O)(=O)N(CC(=O)NN)c2ccccc2)cc1. The number of sulfonamides is 1. The van der Waals surface area contributed by atoms with Crippen molar-refractivity contribution in [3.8, 4) is 0 Å². The van der Waals surface area contributed by atoms with E-state index in [0.717, 1.165) is 9.87 Å². The number of rotatable bonds is 5. The molecular formula is C15H17N3O3S. The van der Waals surface area contributed by atoms with Gasteiger partial charge in [0, 0.05) is 0 Å². The van der Waals surface area contributed by atoms with Crippen LogP contribution < -0.4 is 15.6 Å². The molecule has 0 heterocycles. The third kappa shape index (κ3) is 3.44. The molecule has 116 valence electrons. The Hall–Kier alpha value is -2.38. The lowest BCUT2D eigenvalue weighted by Gasteiger charge is -2.23. The van der Waals surface area contributed by atoms with Gasteiger partial charge in [-0.15, -0.1) is 0 Å². The maximum Gasteiger partial charge on any atom is 0.264 e. The highest BCUT2D eigenvalue weighted by molar-refractivity contribution is 7.92. The molecule has 2 aromatic carbocycles. The van der Waals surface area contributed by atoms with Gasteiger partial charge in [0.2, 0.25) is 0 Å². The Labute approximate surface area is 129 Å². The second-order valence-electron chi connectivity index (χ2n) is 4.73. The van der Waals surface area contributed by atoms with Gasteiger partial charge >= 0.3 is 0 Å². The van der Waals surface area contributed by atoms with Crippen LogP contribution in [-0.2, 0) is 14.8 Å². The summed E-state index contributed by atoms with van der Waals surface area (Å²) in [5.41, 5.74) is 3.30. The van der Waals surface area contributed by atoms with Crippen molar-refractivity contribution in [2.45, 2.75) is 11.8 Å². The molecule has 2 rings (SSSR count). The summed E-state index contributed by atoms with van der Waals surface area (Å²) in [5.74, 6) is 4.48. The highest BCUT2D eigenvalue weighted by Crippen LogP contribution is 2.23. The molecule has 1 amide bonds. The molecule has 0 aliphatic heterocycles. The molecule has 2 aromatic rings. The minimum Gasteiger partial charge on any atom is -0.293 e. The van der Waals surface area contributed by atoms with Crippen LogP contribution in [0.25, 0.3) is 0 Å². The third-order valence-electron chi connectivity index (χ3n) is 3.10. The number of aryl methyl sites for hydroxylation is 1. The minimum atomic E-state index is -3.86. The molecule has 0 spiro atoms. The van der Waals surface area contributed by atoms with Crippen molar-refractivity contribution in [2.24, 2.45) is 5.84 Å². The molecule has 3 N–H and O–H groups in total. The van der Waals surface area contributed by atoms with Crippen LogP contribution in [0.5, 0.6) is 0 Å². The molecular weight excluding hydrogens is 302 g/mol. The Kier molecular flexibility index (Phi) is 4.79. The van der Waals surface area contributed by atoms with Gasteiger partial charge in [0.05, 0.1) is 10.6 Å². The number of anilines is 1. The van der Waals surface area contributed by atoms with Crippen molar-refractivity contribution >= 4 is 21.6 Å². The van der Waals surface area contributed by atoms with Gasteiger partial charge in [-0.25, -0.2) is 14.3 Å². The largest absolute Gasteiger partial charge is 0.293 e. The summed E-state index contributed by atoms with van der Waals surface area (Å²) >= 11 is 0. The zero-order chi connectivity index (χ0) is 16.2. The highest BCUT2D eigenvalue weighted by atomic mass is 32.2. The normalized spacial score (nSPS) is 11.0. The monoisotopic (exact) mass is 319 g/mol. The quantitative estimate of drug-likeness (QED) is 0.492. The standard InChI is InChI=1S/C15H17N3O3S/c1-12-7-9-14(10-8-12)22(20,21)18(11-15(19)17-16)13-5-3-2-4-6-13/h2-10H,11,16H2,1H3,(H,17,19). The summed E-state index contributed by atoms with van der Waals surface area (Å²) in [5, 5.41) is 0. The summed E-state index contributed by atoms with van der Waals surface area (Å²) in [4.78, 5) is 11.7. The van der Waals surface area contributed by atoms with Crippen molar-refractivity contribution in [1.82, 2.24) is 5.43 Å². The molecule has 0 bridgehead atoms. The highest BCUT2D eigenvalue weighted by Gasteiger charge is 2.26. The fourth-order valence-corrected chi connectivity index (χ4v) is 3.34. The van der Waals surface area contributed by atoms with Crippen molar-refractivity contribution in [1.29, 1.82) is 0 Å². The third-order valence-corrected chi connectivity index (χ3v) is 4.89. The number of hydrogen-bond donors (Lipinski definition) is 2. The van der Waals surface area contributed by atoms with E-state index in [2.05, 4.69) is 0 Å². The first kappa shape index (κ1) is 16.0. The van der Waals surface area contributed by atoms with Crippen LogP contribution in [0.1, 0.15) is 5.56 Å². The molecule has 0 radical (unpaired) electrons. The Morgan fingerprint density at radius 3 is 2.23 bits per heavy atom. The predicted molar refractivity (Wildman–Crippen MR) is 84.5 cm³/mol. The van der Waals surface area contributed by atoms with Gasteiger partial charge in [0.1, 0.15) is 6.54 Å². The number of para-hydroxylation sites is 1. The van der Waals surface area contributed by atoms with Gasteiger partial charge in [0.15, 0.2) is 0 Å². The second-order valence-corrected chi connectivity index (χ2v) is 6.59. The van der Waals surface area contributed by atoms with Gasteiger partial charge in [-0.2, -0.15) is 0 Å².